The van der Waals surface area contributed by atoms with Crippen LogP contribution in [-0.2, 0) is 16.6 Å². The molecule has 128 valence electrons. The van der Waals surface area contributed by atoms with Gasteiger partial charge in [-0.2, -0.15) is 0 Å². The summed E-state index contributed by atoms with van der Waals surface area (Å²) in [6, 6.07) is 4.65. The van der Waals surface area contributed by atoms with Gasteiger partial charge in [-0.25, -0.2) is 9.59 Å². The van der Waals surface area contributed by atoms with Gasteiger partial charge in [0, 0.05) is 5.56 Å². The van der Waals surface area contributed by atoms with Gasteiger partial charge >= 0.3 is 11.9 Å². The van der Waals surface area contributed by atoms with Gasteiger partial charge < -0.3 is 10.2 Å². The molecule has 0 radical (unpaired) electrons. The molecule has 0 aliphatic rings. The zero-order chi connectivity index (χ0) is 17.2. The number of hydrogen-bond acceptors (Lipinski definition) is 2. The smallest absolute Gasteiger partial charge is 0.336 e. The van der Waals surface area contributed by atoms with Gasteiger partial charge in [-0.3, -0.25) is 0 Å². The van der Waals surface area contributed by atoms with E-state index in [1.807, 2.05) is 0 Å². The maximum Gasteiger partial charge on any atom is 0.336 e. The lowest BCUT2D eigenvalue weighted by Crippen LogP contribution is -2.12. The second-order valence-corrected chi connectivity index (χ2v) is 8.15. The molecular formula is C18H27O4S+. The molecule has 0 aliphatic carbocycles. The predicted octanol–water partition coefficient (Wildman–Crippen LogP) is 4.19. The molecule has 23 heavy (non-hydrogen) atoms. The van der Waals surface area contributed by atoms with E-state index in [0.717, 1.165) is 17.1 Å². The topological polar surface area (TPSA) is 74.6 Å². The van der Waals surface area contributed by atoms with Crippen LogP contribution in [0.1, 0.15) is 71.7 Å². The number of aromatic carboxylic acids is 2. The number of hydrogen-bond donors (Lipinski definition) is 2. The normalized spacial score (nSPS) is 12.1. The van der Waals surface area contributed by atoms with Crippen molar-refractivity contribution in [3.63, 3.8) is 0 Å². The minimum Gasteiger partial charge on any atom is -0.478 e. The molecule has 1 rings (SSSR count). The van der Waals surface area contributed by atoms with Crippen molar-refractivity contribution in [3.8, 4) is 0 Å². The Kier molecular flexibility index (Phi) is 8.77. The molecule has 1 aromatic rings. The van der Waals surface area contributed by atoms with Gasteiger partial charge in [0.25, 0.3) is 0 Å². The molecule has 0 saturated carbocycles. The first-order valence-corrected chi connectivity index (χ1v) is 10.1. The number of carbonyl (C=O) groups is 2. The van der Waals surface area contributed by atoms with Crippen LogP contribution >= 0.6 is 0 Å². The van der Waals surface area contributed by atoms with Crippen LogP contribution < -0.4 is 0 Å². The summed E-state index contributed by atoms with van der Waals surface area (Å²) in [5, 5.41) is 18.2. The van der Waals surface area contributed by atoms with E-state index in [1.54, 1.807) is 6.07 Å². The molecule has 0 heterocycles. The van der Waals surface area contributed by atoms with Crippen LogP contribution in [-0.4, -0.2) is 34.2 Å². The van der Waals surface area contributed by atoms with Crippen LogP contribution in [0.4, 0.5) is 0 Å². The van der Waals surface area contributed by atoms with E-state index in [4.69, 9.17) is 10.2 Å². The number of benzene rings is 1. The zero-order valence-corrected chi connectivity index (χ0v) is 14.8. The van der Waals surface area contributed by atoms with Crippen LogP contribution in [0.5, 0.6) is 0 Å². The molecule has 0 aromatic heterocycles. The molecule has 4 nitrogen and oxygen atoms in total. The predicted molar refractivity (Wildman–Crippen MR) is 95.6 cm³/mol. The zero-order valence-electron chi connectivity index (χ0n) is 14.0. The van der Waals surface area contributed by atoms with E-state index < -0.39 is 11.9 Å². The third kappa shape index (κ3) is 7.08. The van der Waals surface area contributed by atoms with Crippen LogP contribution in [0.15, 0.2) is 18.2 Å². The monoisotopic (exact) mass is 339 g/mol. The van der Waals surface area contributed by atoms with Crippen LogP contribution in [0, 0.1) is 0 Å². The molecule has 0 bridgehead atoms. The van der Waals surface area contributed by atoms with Crippen molar-refractivity contribution in [3.05, 3.63) is 34.9 Å². The van der Waals surface area contributed by atoms with Crippen molar-refractivity contribution in [2.24, 2.45) is 0 Å². The molecule has 0 aliphatic heterocycles. The first-order valence-electron chi connectivity index (χ1n) is 8.14. The summed E-state index contributed by atoms with van der Waals surface area (Å²) in [6.45, 7) is 2.21. The van der Waals surface area contributed by atoms with E-state index in [2.05, 4.69) is 13.2 Å². The summed E-state index contributed by atoms with van der Waals surface area (Å²) < 4.78 is 0. The Bertz CT molecular complexity index is 528. The molecule has 0 amide bonds. The Morgan fingerprint density at radius 1 is 0.957 bits per heavy atom. The lowest BCUT2D eigenvalue weighted by Gasteiger charge is -2.07. The van der Waals surface area contributed by atoms with E-state index >= 15 is 0 Å². The fourth-order valence-corrected chi connectivity index (χ4v) is 4.12. The average molecular weight is 339 g/mol. The van der Waals surface area contributed by atoms with Gasteiger partial charge in [0.15, 0.2) is 0 Å². The van der Waals surface area contributed by atoms with Crippen LogP contribution in [0.2, 0.25) is 0 Å². The number of rotatable bonds is 11. The van der Waals surface area contributed by atoms with Gasteiger partial charge in [-0.05, 0) is 35.9 Å². The Labute approximate surface area is 141 Å². The standard InChI is InChI=1S/C18H26O4S/c1-3-4-5-6-7-8-11-23(2)13-14-9-10-15(17(19)20)16(12-14)18(21)22/h9-10,12H,3-8,11,13H2,1-2H3,(H-,19,20,21,22)/p+1. The van der Waals surface area contributed by atoms with Gasteiger partial charge in [-0.1, -0.05) is 38.7 Å². The number of unbranched alkanes of at least 4 members (excludes halogenated alkanes) is 5. The fourth-order valence-electron chi connectivity index (χ4n) is 2.53. The van der Waals surface area contributed by atoms with Crippen molar-refractivity contribution < 1.29 is 19.8 Å². The van der Waals surface area contributed by atoms with Crippen molar-refractivity contribution in [1.29, 1.82) is 0 Å². The van der Waals surface area contributed by atoms with Crippen molar-refractivity contribution in [2.45, 2.75) is 51.2 Å². The van der Waals surface area contributed by atoms with Crippen LogP contribution in [0.3, 0.4) is 0 Å². The van der Waals surface area contributed by atoms with E-state index in [1.165, 1.54) is 50.7 Å². The summed E-state index contributed by atoms with van der Waals surface area (Å²) in [4.78, 5) is 22.2. The second-order valence-electron chi connectivity index (χ2n) is 5.89. The Balaban J connectivity index is 2.51. The molecule has 1 unspecified atom stereocenters. The SMILES string of the molecule is CCCCCCCC[S+](C)Cc1ccc(C(=O)O)c(C(=O)O)c1. The third-order valence-corrected chi connectivity index (χ3v) is 5.62. The molecule has 0 saturated heterocycles. The highest BCUT2D eigenvalue weighted by Crippen LogP contribution is 2.16. The minimum absolute atomic E-state index is 0.119. The molecule has 2 N–H and O–H groups in total. The van der Waals surface area contributed by atoms with Crippen molar-refractivity contribution in [2.75, 3.05) is 12.0 Å². The molecular weight excluding hydrogens is 312 g/mol. The molecule has 0 spiro atoms. The van der Waals surface area contributed by atoms with E-state index in [9.17, 15) is 9.59 Å². The average Bonchev–Trinajstić information content (AvgIpc) is 2.50. The number of carboxylic acids is 2. The van der Waals surface area contributed by atoms with Gasteiger partial charge in [-0.15, -0.1) is 0 Å². The summed E-state index contributed by atoms with van der Waals surface area (Å²) in [5.41, 5.74) is 0.643. The highest BCUT2D eigenvalue weighted by molar-refractivity contribution is 7.95. The molecule has 1 atom stereocenters. The molecule has 5 heteroatoms. The van der Waals surface area contributed by atoms with Crippen molar-refractivity contribution in [1.82, 2.24) is 0 Å². The first kappa shape index (κ1) is 19.6. The molecule has 1 aromatic carbocycles. The second kappa shape index (κ2) is 10.3. The minimum atomic E-state index is -1.20. The summed E-state index contributed by atoms with van der Waals surface area (Å²) in [6.07, 6.45) is 9.84. The highest BCUT2D eigenvalue weighted by Gasteiger charge is 2.19. The van der Waals surface area contributed by atoms with E-state index in [0.29, 0.717) is 0 Å². The Hall–Kier alpha value is -1.49. The quantitative estimate of drug-likeness (QED) is 0.468. The van der Waals surface area contributed by atoms with Gasteiger partial charge in [0.2, 0.25) is 0 Å². The first-order chi connectivity index (χ1) is 11.0. The highest BCUT2D eigenvalue weighted by atomic mass is 32.2. The maximum absolute atomic E-state index is 11.2. The van der Waals surface area contributed by atoms with Gasteiger partial charge in [0.05, 0.1) is 17.4 Å². The third-order valence-electron chi connectivity index (χ3n) is 3.80. The summed E-state index contributed by atoms with van der Waals surface area (Å²) in [5.74, 6) is -0.419. The molecule has 0 fully saturated rings. The van der Waals surface area contributed by atoms with Crippen molar-refractivity contribution >= 4 is 22.8 Å². The lowest BCUT2D eigenvalue weighted by molar-refractivity contribution is 0.0651. The Morgan fingerprint density at radius 3 is 2.17 bits per heavy atom. The number of carboxylic acid groups (broad SMARTS) is 2. The lowest BCUT2D eigenvalue weighted by atomic mass is 10.0. The summed E-state index contributed by atoms with van der Waals surface area (Å²) >= 11 is 0. The maximum atomic E-state index is 11.2. The largest absolute Gasteiger partial charge is 0.478 e. The Morgan fingerprint density at radius 2 is 1.57 bits per heavy atom. The van der Waals surface area contributed by atoms with Gasteiger partial charge in [0.1, 0.15) is 11.5 Å². The fraction of sp³-hybridized carbons (Fsp3) is 0.556. The van der Waals surface area contributed by atoms with Crippen LogP contribution in [0.25, 0.3) is 0 Å². The summed E-state index contributed by atoms with van der Waals surface area (Å²) in [7, 11) is 0.193. The van der Waals surface area contributed by atoms with E-state index in [-0.39, 0.29) is 22.0 Å².